The monoisotopic (exact) mass is 391 g/mol. The van der Waals surface area contributed by atoms with Gasteiger partial charge in [0.05, 0.1) is 24.0 Å². The highest BCUT2D eigenvalue weighted by Gasteiger charge is 2.25. The first-order valence-corrected chi connectivity index (χ1v) is 9.03. The number of para-hydroxylation sites is 1. The Bertz CT molecular complexity index is 1230. The van der Waals surface area contributed by atoms with Crippen LogP contribution in [0.5, 0.6) is 0 Å². The molecule has 0 amide bonds. The van der Waals surface area contributed by atoms with E-state index < -0.39 is 5.97 Å². The quantitative estimate of drug-likeness (QED) is 0.429. The van der Waals surface area contributed by atoms with E-state index in [2.05, 4.69) is 17.7 Å². The Kier molecular flexibility index (Phi) is 4.52. The third-order valence-corrected chi connectivity index (χ3v) is 4.86. The Hall–Kier alpha value is -3.32. The number of esters is 1. The molecule has 2 aromatic carbocycles. The van der Waals surface area contributed by atoms with E-state index >= 15 is 0 Å². The van der Waals surface area contributed by atoms with Crippen molar-refractivity contribution in [3.63, 3.8) is 0 Å². The molecule has 140 valence electrons. The van der Waals surface area contributed by atoms with Crippen molar-refractivity contribution < 1.29 is 9.53 Å². The van der Waals surface area contributed by atoms with Crippen molar-refractivity contribution in [1.82, 2.24) is 14.3 Å². The van der Waals surface area contributed by atoms with E-state index in [1.165, 1.54) is 11.8 Å². The van der Waals surface area contributed by atoms with Crippen molar-refractivity contribution >= 4 is 18.6 Å². The highest BCUT2D eigenvalue weighted by Crippen LogP contribution is 2.27. The molecule has 0 aliphatic carbocycles. The molecule has 2 aromatic rings. The van der Waals surface area contributed by atoms with Crippen molar-refractivity contribution in [2.75, 3.05) is 7.11 Å². The van der Waals surface area contributed by atoms with Gasteiger partial charge >= 0.3 is 5.97 Å². The second-order valence-electron chi connectivity index (χ2n) is 6.38. The summed E-state index contributed by atoms with van der Waals surface area (Å²) in [6.45, 7) is 1.94. The summed E-state index contributed by atoms with van der Waals surface area (Å²) in [4.78, 5) is 26.2. The molecule has 0 atom stereocenters. The second kappa shape index (κ2) is 7.01. The number of thiol groups is 1. The minimum atomic E-state index is -0.565. The zero-order valence-electron chi connectivity index (χ0n) is 15.3. The minimum Gasteiger partial charge on any atom is -0.465 e. The lowest BCUT2D eigenvalue weighted by Crippen LogP contribution is -2.15. The van der Waals surface area contributed by atoms with Gasteiger partial charge in [0.15, 0.2) is 0 Å². The maximum atomic E-state index is 13.1. The molecular formula is C21H17N3O3S. The molecule has 2 aliphatic rings. The molecule has 0 saturated heterocycles. The Morgan fingerprint density at radius 3 is 2.61 bits per heavy atom. The number of carbonyl (C=O) groups excluding carboxylic acids is 1. The highest BCUT2D eigenvalue weighted by atomic mass is 32.1. The number of fused-ring (bicyclic) bond motifs is 1. The van der Waals surface area contributed by atoms with Gasteiger partial charge in [0, 0.05) is 17.3 Å². The summed E-state index contributed by atoms with van der Waals surface area (Å²) in [5, 5.41) is 4.42. The standard InChI is InChI=1S/C21H17N3O3S/c1-13-6-5-7-14(10-13)24-20(25)15-11-23(17-8-3-4-9-18(17)28)12-16(19(15)22-24)21(26)27-2/h3-12,28H,1-2H3. The van der Waals surface area contributed by atoms with Gasteiger partial charge in [-0.3, -0.25) is 4.79 Å². The zero-order chi connectivity index (χ0) is 19.8. The van der Waals surface area contributed by atoms with E-state index in [1.54, 1.807) is 23.0 Å². The summed E-state index contributed by atoms with van der Waals surface area (Å²) in [5.74, 6) is -0.565. The van der Waals surface area contributed by atoms with E-state index in [1.807, 2.05) is 49.4 Å². The number of carbonyl (C=O) groups is 1. The van der Waals surface area contributed by atoms with Gasteiger partial charge in [0.2, 0.25) is 0 Å². The van der Waals surface area contributed by atoms with E-state index in [9.17, 15) is 9.59 Å². The van der Waals surface area contributed by atoms with Crippen LogP contribution < -0.4 is 5.56 Å². The number of benzene rings is 2. The molecule has 0 radical (unpaired) electrons. The first-order chi connectivity index (χ1) is 13.5. The number of nitrogens with zero attached hydrogens (tertiary/aromatic N) is 3. The van der Waals surface area contributed by atoms with E-state index in [-0.39, 0.29) is 11.1 Å². The van der Waals surface area contributed by atoms with Crippen molar-refractivity contribution in [2.45, 2.75) is 11.8 Å². The van der Waals surface area contributed by atoms with Gasteiger partial charge in [0.1, 0.15) is 11.3 Å². The molecular weight excluding hydrogens is 374 g/mol. The van der Waals surface area contributed by atoms with Gasteiger partial charge < -0.3 is 9.30 Å². The lowest BCUT2D eigenvalue weighted by molar-refractivity contribution is 0.0600. The van der Waals surface area contributed by atoms with Gasteiger partial charge in [-0.25, -0.2) is 4.79 Å². The van der Waals surface area contributed by atoms with Gasteiger partial charge in [-0.15, -0.1) is 12.6 Å². The van der Waals surface area contributed by atoms with Crippen LogP contribution in [-0.4, -0.2) is 27.4 Å². The summed E-state index contributed by atoms with van der Waals surface area (Å²) in [6, 6.07) is 14.9. The fraction of sp³-hybridized carbons (Fsp3) is 0.0952. The smallest absolute Gasteiger partial charge is 0.341 e. The number of rotatable bonds is 3. The fourth-order valence-electron chi connectivity index (χ4n) is 3.12. The molecule has 0 bridgehead atoms. The van der Waals surface area contributed by atoms with Crippen LogP contribution in [0, 0.1) is 6.92 Å². The summed E-state index contributed by atoms with van der Waals surface area (Å²) in [6.07, 6.45) is 3.27. The molecule has 0 aromatic heterocycles. The van der Waals surface area contributed by atoms with Crippen LogP contribution in [0.4, 0.5) is 0 Å². The maximum absolute atomic E-state index is 13.1. The lowest BCUT2D eigenvalue weighted by atomic mass is 10.1. The maximum Gasteiger partial charge on any atom is 0.341 e. The summed E-state index contributed by atoms with van der Waals surface area (Å²) >= 11 is 4.48. The Morgan fingerprint density at radius 2 is 1.89 bits per heavy atom. The SMILES string of the molecule is COC(=O)c1cn(-c2ccccc2S)cc2c(=O)n(-c3cccc(C)c3)nc1-2. The Morgan fingerprint density at radius 1 is 1.11 bits per heavy atom. The largest absolute Gasteiger partial charge is 0.465 e. The Balaban J connectivity index is 2.03. The molecule has 2 heterocycles. The van der Waals surface area contributed by atoms with Crippen LogP contribution in [0.25, 0.3) is 22.6 Å². The molecule has 2 aliphatic heterocycles. The first-order valence-electron chi connectivity index (χ1n) is 8.58. The van der Waals surface area contributed by atoms with Crippen LogP contribution >= 0.6 is 12.6 Å². The molecule has 0 saturated carbocycles. The lowest BCUT2D eigenvalue weighted by Gasteiger charge is -2.13. The number of hydrogen-bond donors (Lipinski definition) is 1. The molecule has 28 heavy (non-hydrogen) atoms. The number of hydrogen-bond acceptors (Lipinski definition) is 5. The van der Waals surface area contributed by atoms with Crippen molar-refractivity contribution in [3.8, 4) is 22.6 Å². The van der Waals surface area contributed by atoms with Crippen LogP contribution in [0.15, 0.2) is 70.6 Å². The van der Waals surface area contributed by atoms with Gasteiger partial charge in [0.25, 0.3) is 5.56 Å². The molecule has 4 rings (SSSR count). The number of aryl methyl sites for hydroxylation is 1. The summed E-state index contributed by atoms with van der Waals surface area (Å²) < 4.78 is 7.92. The van der Waals surface area contributed by atoms with E-state index in [0.29, 0.717) is 21.8 Å². The summed E-state index contributed by atoms with van der Waals surface area (Å²) in [5.41, 5.74) is 2.89. The fourth-order valence-corrected chi connectivity index (χ4v) is 3.40. The summed E-state index contributed by atoms with van der Waals surface area (Å²) in [7, 11) is 1.30. The molecule has 6 nitrogen and oxygen atoms in total. The number of pyridine rings is 1. The average Bonchev–Trinajstić information content (AvgIpc) is 3.04. The van der Waals surface area contributed by atoms with Gasteiger partial charge in [-0.1, -0.05) is 24.3 Å². The van der Waals surface area contributed by atoms with Crippen LogP contribution in [0.3, 0.4) is 0 Å². The number of aromatic nitrogens is 3. The predicted molar refractivity (Wildman–Crippen MR) is 109 cm³/mol. The third kappa shape index (κ3) is 2.99. The van der Waals surface area contributed by atoms with Crippen LogP contribution in [0.1, 0.15) is 15.9 Å². The van der Waals surface area contributed by atoms with Gasteiger partial charge in [-0.2, -0.15) is 9.78 Å². The minimum absolute atomic E-state index is 0.208. The highest BCUT2D eigenvalue weighted by molar-refractivity contribution is 7.80. The second-order valence-corrected chi connectivity index (χ2v) is 6.86. The van der Waals surface area contributed by atoms with Crippen LogP contribution in [-0.2, 0) is 4.74 Å². The van der Waals surface area contributed by atoms with Crippen molar-refractivity contribution in [1.29, 1.82) is 0 Å². The molecule has 0 spiro atoms. The third-order valence-electron chi connectivity index (χ3n) is 4.48. The van der Waals surface area contributed by atoms with Crippen LogP contribution in [0.2, 0.25) is 0 Å². The molecule has 7 heteroatoms. The molecule has 0 unspecified atom stereocenters. The number of ether oxygens (including phenoxy) is 1. The van der Waals surface area contributed by atoms with E-state index in [0.717, 1.165) is 11.3 Å². The number of methoxy groups -OCH3 is 1. The molecule has 0 fully saturated rings. The van der Waals surface area contributed by atoms with Crippen molar-refractivity contribution in [3.05, 3.63) is 82.4 Å². The average molecular weight is 391 g/mol. The first kappa shape index (κ1) is 18.1. The predicted octanol–water partition coefficient (Wildman–Crippen LogP) is 3.51. The van der Waals surface area contributed by atoms with Crippen molar-refractivity contribution in [2.24, 2.45) is 0 Å². The van der Waals surface area contributed by atoms with E-state index in [4.69, 9.17) is 4.74 Å². The Labute approximate surface area is 166 Å². The van der Waals surface area contributed by atoms with Gasteiger partial charge in [-0.05, 0) is 36.8 Å². The normalized spacial score (nSPS) is 11.0. The topological polar surface area (TPSA) is 66.1 Å². The zero-order valence-corrected chi connectivity index (χ0v) is 16.2. The molecule has 0 N–H and O–H groups in total.